The summed E-state index contributed by atoms with van der Waals surface area (Å²) in [5, 5.41) is 7.12. The molecule has 2 aromatic carbocycles. The fourth-order valence-electron chi connectivity index (χ4n) is 6.53. The van der Waals surface area contributed by atoms with E-state index in [9.17, 15) is 22.8 Å². The molecule has 2 bridgehead atoms. The SMILES string of the molecule is CCC(C)OC(=O)OCOc1ccc2c(c1)[C@]13CCCC[C@@H]1[C@@H](C2)N(C(=O)OCc1ccccc1)CC3.O=C(O)C(F)(F)F. The van der Waals surface area contributed by atoms with Gasteiger partial charge in [0.1, 0.15) is 18.5 Å². The van der Waals surface area contributed by atoms with Crippen LogP contribution in [0.25, 0.3) is 0 Å². The summed E-state index contributed by atoms with van der Waals surface area (Å²) in [4.78, 5) is 35.9. The van der Waals surface area contributed by atoms with E-state index < -0.39 is 18.3 Å². The Kier molecular flexibility index (Phi) is 10.6. The monoisotopic (exact) mass is 621 g/mol. The van der Waals surface area contributed by atoms with Crippen LogP contribution in [0.1, 0.15) is 69.1 Å². The van der Waals surface area contributed by atoms with Crippen molar-refractivity contribution < 1.29 is 51.6 Å². The lowest BCUT2D eigenvalue weighted by Crippen LogP contribution is -2.62. The number of piperidine rings is 1. The van der Waals surface area contributed by atoms with Gasteiger partial charge in [0.25, 0.3) is 0 Å². The van der Waals surface area contributed by atoms with Crippen molar-refractivity contribution in [3.8, 4) is 5.75 Å². The topological polar surface area (TPSA) is 112 Å². The number of amides is 1. The second-order valence-electron chi connectivity index (χ2n) is 11.4. The lowest BCUT2D eigenvalue weighted by atomic mass is 9.52. The highest BCUT2D eigenvalue weighted by Crippen LogP contribution is 2.56. The summed E-state index contributed by atoms with van der Waals surface area (Å²) in [6, 6.07) is 16.2. The minimum absolute atomic E-state index is 0.0441. The molecule has 2 aliphatic carbocycles. The average Bonchev–Trinajstić information content (AvgIpc) is 3.00. The lowest BCUT2D eigenvalue weighted by molar-refractivity contribution is -0.192. The molecule has 1 amide bonds. The summed E-state index contributed by atoms with van der Waals surface area (Å²) in [5.74, 6) is -1.66. The van der Waals surface area contributed by atoms with Gasteiger partial charge in [-0.2, -0.15) is 13.2 Å². The molecule has 2 fully saturated rings. The van der Waals surface area contributed by atoms with Crippen LogP contribution in [-0.4, -0.2) is 59.9 Å². The molecule has 12 heteroatoms. The first-order valence-corrected chi connectivity index (χ1v) is 14.8. The molecular weight excluding hydrogens is 583 g/mol. The maximum absolute atomic E-state index is 13.2. The van der Waals surface area contributed by atoms with Crippen molar-refractivity contribution in [1.29, 1.82) is 0 Å². The number of carbonyl (C=O) groups excluding carboxylic acids is 2. The number of nitrogens with zero attached hydrogens (tertiary/aromatic N) is 1. The van der Waals surface area contributed by atoms with E-state index in [-0.39, 0.29) is 30.4 Å². The number of carboxylic acids is 1. The first-order valence-electron chi connectivity index (χ1n) is 14.8. The maximum atomic E-state index is 13.2. The number of ether oxygens (including phenoxy) is 4. The molecule has 3 aliphatic rings. The van der Waals surface area contributed by atoms with Crippen molar-refractivity contribution >= 4 is 18.2 Å². The van der Waals surface area contributed by atoms with E-state index in [1.165, 1.54) is 24.0 Å². The second-order valence-corrected chi connectivity index (χ2v) is 11.4. The number of carboxylic acid groups (broad SMARTS) is 1. The summed E-state index contributed by atoms with van der Waals surface area (Å²) in [6.45, 7) is 4.58. The summed E-state index contributed by atoms with van der Waals surface area (Å²) < 4.78 is 53.5. The lowest BCUT2D eigenvalue weighted by Gasteiger charge is -2.58. The first-order chi connectivity index (χ1) is 20.9. The summed E-state index contributed by atoms with van der Waals surface area (Å²) >= 11 is 0. The predicted molar refractivity (Wildman–Crippen MR) is 152 cm³/mol. The van der Waals surface area contributed by atoms with E-state index in [4.69, 9.17) is 28.8 Å². The van der Waals surface area contributed by atoms with Crippen LogP contribution in [0, 0.1) is 5.92 Å². The van der Waals surface area contributed by atoms with Gasteiger partial charge in [-0.25, -0.2) is 14.4 Å². The van der Waals surface area contributed by atoms with Crippen LogP contribution in [-0.2, 0) is 37.4 Å². The molecule has 1 N–H and O–H groups in total. The number of halogens is 3. The van der Waals surface area contributed by atoms with Gasteiger partial charge in [-0.05, 0) is 73.8 Å². The molecule has 0 aromatic heterocycles. The first kappa shape index (κ1) is 32.9. The number of aliphatic carboxylic acids is 1. The third-order valence-electron chi connectivity index (χ3n) is 8.77. The number of rotatable bonds is 7. The smallest absolute Gasteiger partial charge is 0.475 e. The number of hydrogen-bond donors (Lipinski definition) is 1. The summed E-state index contributed by atoms with van der Waals surface area (Å²) in [6.07, 6.45) is 0.885. The normalized spacial score (nSPS) is 22.6. The largest absolute Gasteiger partial charge is 0.511 e. The Labute approximate surface area is 254 Å². The minimum atomic E-state index is -5.08. The van der Waals surface area contributed by atoms with Gasteiger partial charge in [0.15, 0.2) is 0 Å². The number of alkyl halides is 3. The Hall–Kier alpha value is -3.96. The number of likely N-dealkylation sites (tertiary alicyclic amines) is 1. The van der Waals surface area contributed by atoms with Crippen molar-refractivity contribution in [2.24, 2.45) is 5.92 Å². The summed E-state index contributed by atoms with van der Waals surface area (Å²) in [5.41, 5.74) is 3.65. The van der Waals surface area contributed by atoms with Crippen LogP contribution in [0.2, 0.25) is 0 Å². The van der Waals surface area contributed by atoms with Crippen LogP contribution in [0.5, 0.6) is 5.75 Å². The molecule has 0 spiro atoms. The van der Waals surface area contributed by atoms with Crippen molar-refractivity contribution in [2.75, 3.05) is 13.3 Å². The molecule has 44 heavy (non-hydrogen) atoms. The predicted octanol–water partition coefficient (Wildman–Crippen LogP) is 7.00. The maximum Gasteiger partial charge on any atom is 0.511 e. The highest BCUT2D eigenvalue weighted by atomic mass is 19.4. The molecule has 240 valence electrons. The van der Waals surface area contributed by atoms with Crippen molar-refractivity contribution in [1.82, 2.24) is 4.90 Å². The molecule has 1 unspecified atom stereocenters. The van der Waals surface area contributed by atoms with Crippen LogP contribution in [0.3, 0.4) is 0 Å². The quantitative estimate of drug-likeness (QED) is 0.260. The van der Waals surface area contributed by atoms with Crippen molar-refractivity contribution in [2.45, 2.75) is 89.1 Å². The molecule has 5 rings (SSSR count). The van der Waals surface area contributed by atoms with Gasteiger partial charge in [-0.3, -0.25) is 0 Å². The second kappa shape index (κ2) is 14.2. The standard InChI is InChI=1S/C30H37NO6.C2HF3O2/c1-3-21(2)37-29(33)36-20-35-24-13-12-23-17-27-25-11-7-8-14-30(25,26(23)18-24)15-16-31(27)28(32)34-19-22-9-5-4-6-10-22;3-2(4,5)1(6)7/h4-6,9-10,12-13,18,21,25,27H,3,7-8,11,14-17,19-20H2,1-2H3;(H,6,7)/t21?,25-,27-,30+;/m1./s1. The highest BCUT2D eigenvalue weighted by Gasteiger charge is 2.55. The van der Waals surface area contributed by atoms with Gasteiger partial charge in [0, 0.05) is 18.0 Å². The highest BCUT2D eigenvalue weighted by molar-refractivity contribution is 5.73. The van der Waals surface area contributed by atoms with Crippen LogP contribution in [0.4, 0.5) is 22.8 Å². The summed E-state index contributed by atoms with van der Waals surface area (Å²) in [7, 11) is 0. The Bertz CT molecular complexity index is 1300. The van der Waals surface area contributed by atoms with E-state index in [2.05, 4.69) is 12.1 Å². The number of carbonyl (C=O) groups is 3. The fourth-order valence-corrected chi connectivity index (χ4v) is 6.53. The average molecular weight is 622 g/mol. The molecule has 4 atom stereocenters. The fraction of sp³-hybridized carbons (Fsp3) is 0.531. The van der Waals surface area contributed by atoms with E-state index in [1.54, 1.807) is 0 Å². The molecule has 1 aliphatic heterocycles. The molecule has 9 nitrogen and oxygen atoms in total. The third kappa shape index (κ3) is 7.75. The minimum Gasteiger partial charge on any atom is -0.475 e. The molecule has 1 saturated carbocycles. The molecule has 2 aromatic rings. The number of fused-ring (bicyclic) bond motifs is 1. The van der Waals surface area contributed by atoms with Gasteiger partial charge >= 0.3 is 24.4 Å². The van der Waals surface area contributed by atoms with Crippen molar-refractivity contribution in [3.63, 3.8) is 0 Å². The van der Waals surface area contributed by atoms with Crippen molar-refractivity contribution in [3.05, 3.63) is 65.2 Å². The number of hydrogen-bond acceptors (Lipinski definition) is 7. The van der Waals surface area contributed by atoms with Gasteiger partial charge < -0.3 is 29.0 Å². The van der Waals surface area contributed by atoms with Crippen LogP contribution >= 0.6 is 0 Å². The Morgan fingerprint density at radius 3 is 2.48 bits per heavy atom. The number of benzene rings is 2. The Morgan fingerprint density at radius 2 is 1.80 bits per heavy atom. The van der Waals surface area contributed by atoms with Gasteiger partial charge in [-0.15, -0.1) is 0 Å². The van der Waals surface area contributed by atoms with Gasteiger partial charge in [-0.1, -0.05) is 56.2 Å². The molecule has 1 saturated heterocycles. The molecule has 1 heterocycles. The molecular formula is C32H38F3NO8. The van der Waals surface area contributed by atoms with Crippen LogP contribution in [0.15, 0.2) is 48.5 Å². The Balaban J connectivity index is 0.000000566. The van der Waals surface area contributed by atoms with E-state index in [0.29, 0.717) is 24.8 Å². The van der Waals surface area contributed by atoms with Crippen LogP contribution < -0.4 is 4.74 Å². The van der Waals surface area contributed by atoms with E-state index in [0.717, 1.165) is 37.7 Å². The molecule has 0 radical (unpaired) electrons. The third-order valence-corrected chi connectivity index (χ3v) is 8.77. The zero-order valence-electron chi connectivity index (χ0n) is 24.8. The Morgan fingerprint density at radius 1 is 1.07 bits per heavy atom. The van der Waals surface area contributed by atoms with Gasteiger partial charge in [0.2, 0.25) is 6.79 Å². The van der Waals surface area contributed by atoms with E-state index >= 15 is 0 Å². The van der Waals surface area contributed by atoms with E-state index in [1.807, 2.05) is 55.1 Å². The van der Waals surface area contributed by atoms with Gasteiger partial charge in [0.05, 0.1) is 0 Å². The zero-order valence-corrected chi connectivity index (χ0v) is 24.8. The zero-order chi connectivity index (χ0) is 31.9.